The molecule has 0 bridgehead atoms. The second-order valence-electron chi connectivity index (χ2n) is 4.50. The normalized spacial score (nSPS) is 19.2. The highest BCUT2D eigenvalue weighted by Crippen LogP contribution is 2.18. The Hall–Kier alpha value is -1.18. The molecule has 1 fully saturated rings. The standard InChI is InChI=1S/C12H20ClN5O2/c1-3-17(4-2)11-14-10(13)15-12(16-11)18-5-6-20-9(7-18)8-19/h9,19H,3-8H2,1-2H3. The molecule has 1 unspecified atom stereocenters. The van der Waals surface area contributed by atoms with E-state index in [1.165, 1.54) is 0 Å². The minimum atomic E-state index is -0.212. The number of aromatic nitrogens is 3. The van der Waals surface area contributed by atoms with Gasteiger partial charge in [-0.15, -0.1) is 0 Å². The number of hydrogen-bond acceptors (Lipinski definition) is 7. The van der Waals surface area contributed by atoms with Crippen molar-refractivity contribution in [3.8, 4) is 0 Å². The van der Waals surface area contributed by atoms with Crippen molar-refractivity contribution >= 4 is 23.5 Å². The molecule has 1 aliphatic heterocycles. The van der Waals surface area contributed by atoms with Crippen molar-refractivity contribution in [2.45, 2.75) is 20.0 Å². The predicted molar refractivity (Wildman–Crippen MR) is 77.4 cm³/mol. The van der Waals surface area contributed by atoms with E-state index in [0.717, 1.165) is 13.1 Å². The molecule has 0 aromatic carbocycles. The molecule has 20 heavy (non-hydrogen) atoms. The molecule has 0 aliphatic carbocycles. The Bertz CT molecular complexity index is 444. The molecule has 112 valence electrons. The summed E-state index contributed by atoms with van der Waals surface area (Å²) in [4.78, 5) is 16.8. The molecule has 1 aliphatic rings. The lowest BCUT2D eigenvalue weighted by Crippen LogP contribution is -2.45. The van der Waals surface area contributed by atoms with E-state index in [-0.39, 0.29) is 18.0 Å². The quantitative estimate of drug-likeness (QED) is 0.852. The fourth-order valence-corrected chi connectivity index (χ4v) is 2.28. The monoisotopic (exact) mass is 301 g/mol. The van der Waals surface area contributed by atoms with Gasteiger partial charge in [0.1, 0.15) is 0 Å². The Morgan fingerprint density at radius 1 is 1.35 bits per heavy atom. The number of halogens is 1. The van der Waals surface area contributed by atoms with Gasteiger partial charge >= 0.3 is 0 Å². The molecule has 1 saturated heterocycles. The van der Waals surface area contributed by atoms with Crippen molar-refractivity contribution < 1.29 is 9.84 Å². The van der Waals surface area contributed by atoms with E-state index in [1.807, 2.05) is 23.6 Å². The fraction of sp³-hybridized carbons (Fsp3) is 0.750. The molecule has 2 heterocycles. The second kappa shape index (κ2) is 7.01. The highest BCUT2D eigenvalue weighted by molar-refractivity contribution is 6.28. The Balaban J connectivity index is 2.22. The number of hydrogen-bond donors (Lipinski definition) is 1. The molecule has 8 heteroatoms. The first-order valence-electron chi connectivity index (χ1n) is 6.81. The molecule has 1 atom stereocenters. The third-order valence-electron chi connectivity index (χ3n) is 3.26. The van der Waals surface area contributed by atoms with Gasteiger partial charge < -0.3 is 19.6 Å². The number of aliphatic hydroxyl groups is 1. The maximum Gasteiger partial charge on any atom is 0.231 e. The number of rotatable bonds is 5. The summed E-state index contributed by atoms with van der Waals surface area (Å²) in [6.07, 6.45) is -0.212. The lowest BCUT2D eigenvalue weighted by molar-refractivity contribution is 0.00313. The summed E-state index contributed by atoms with van der Waals surface area (Å²) in [7, 11) is 0. The van der Waals surface area contributed by atoms with E-state index in [1.54, 1.807) is 0 Å². The highest BCUT2D eigenvalue weighted by atomic mass is 35.5. The Kier molecular flexibility index (Phi) is 5.33. The van der Waals surface area contributed by atoms with Crippen LogP contribution in [-0.4, -0.2) is 65.6 Å². The zero-order valence-electron chi connectivity index (χ0n) is 11.8. The van der Waals surface area contributed by atoms with Crippen LogP contribution in [0.15, 0.2) is 0 Å². The first kappa shape index (κ1) is 15.2. The molecule has 1 N–H and O–H groups in total. The van der Waals surface area contributed by atoms with Crippen LogP contribution in [0, 0.1) is 0 Å². The van der Waals surface area contributed by atoms with Gasteiger partial charge in [0.05, 0.1) is 19.3 Å². The number of anilines is 2. The number of ether oxygens (including phenoxy) is 1. The van der Waals surface area contributed by atoms with Crippen LogP contribution in [0.2, 0.25) is 5.28 Å². The Morgan fingerprint density at radius 2 is 2.10 bits per heavy atom. The fourth-order valence-electron chi connectivity index (χ4n) is 2.13. The van der Waals surface area contributed by atoms with Crippen LogP contribution in [0.5, 0.6) is 0 Å². The first-order valence-corrected chi connectivity index (χ1v) is 7.19. The van der Waals surface area contributed by atoms with Crippen LogP contribution in [0.3, 0.4) is 0 Å². The lowest BCUT2D eigenvalue weighted by atomic mass is 10.3. The van der Waals surface area contributed by atoms with Gasteiger partial charge in [-0.05, 0) is 25.4 Å². The lowest BCUT2D eigenvalue weighted by Gasteiger charge is -2.32. The minimum Gasteiger partial charge on any atom is -0.394 e. The van der Waals surface area contributed by atoms with E-state index >= 15 is 0 Å². The van der Waals surface area contributed by atoms with Crippen molar-refractivity contribution in [1.82, 2.24) is 15.0 Å². The van der Waals surface area contributed by atoms with E-state index in [2.05, 4.69) is 15.0 Å². The van der Waals surface area contributed by atoms with Crippen LogP contribution in [-0.2, 0) is 4.74 Å². The van der Waals surface area contributed by atoms with Crippen molar-refractivity contribution in [1.29, 1.82) is 0 Å². The summed E-state index contributed by atoms with van der Waals surface area (Å²) >= 11 is 6.00. The summed E-state index contributed by atoms with van der Waals surface area (Å²) in [5, 5.41) is 9.37. The smallest absolute Gasteiger partial charge is 0.231 e. The third kappa shape index (κ3) is 3.47. The molecule has 1 aromatic heterocycles. The summed E-state index contributed by atoms with van der Waals surface area (Å²) in [6, 6.07) is 0. The highest BCUT2D eigenvalue weighted by Gasteiger charge is 2.23. The average Bonchev–Trinajstić information content (AvgIpc) is 2.48. The topological polar surface area (TPSA) is 74.6 Å². The van der Waals surface area contributed by atoms with Crippen LogP contribution >= 0.6 is 11.6 Å². The van der Waals surface area contributed by atoms with Gasteiger partial charge in [-0.3, -0.25) is 0 Å². The SMILES string of the molecule is CCN(CC)c1nc(Cl)nc(N2CCOC(CO)C2)n1. The molecule has 0 spiro atoms. The molecule has 2 rings (SSSR count). The number of morpholine rings is 1. The Labute approximate surface area is 123 Å². The molecule has 1 aromatic rings. The molecule has 0 radical (unpaired) electrons. The summed E-state index contributed by atoms with van der Waals surface area (Å²) < 4.78 is 5.42. The molecular formula is C12H20ClN5O2. The van der Waals surface area contributed by atoms with Gasteiger partial charge in [-0.25, -0.2) is 0 Å². The van der Waals surface area contributed by atoms with Crippen molar-refractivity contribution in [3.05, 3.63) is 5.28 Å². The van der Waals surface area contributed by atoms with Crippen LogP contribution < -0.4 is 9.80 Å². The van der Waals surface area contributed by atoms with Crippen LogP contribution in [0.25, 0.3) is 0 Å². The zero-order valence-corrected chi connectivity index (χ0v) is 12.5. The third-order valence-corrected chi connectivity index (χ3v) is 3.43. The van der Waals surface area contributed by atoms with Gasteiger partial charge in [0.15, 0.2) is 0 Å². The summed E-state index contributed by atoms with van der Waals surface area (Å²) in [5.41, 5.74) is 0. The van der Waals surface area contributed by atoms with Gasteiger partial charge in [0.25, 0.3) is 0 Å². The van der Waals surface area contributed by atoms with Gasteiger partial charge in [0, 0.05) is 26.2 Å². The predicted octanol–water partition coefficient (Wildman–Crippen LogP) is 0.569. The maximum absolute atomic E-state index is 9.19. The number of nitrogens with zero attached hydrogens (tertiary/aromatic N) is 5. The van der Waals surface area contributed by atoms with Crippen molar-refractivity contribution in [3.63, 3.8) is 0 Å². The largest absolute Gasteiger partial charge is 0.394 e. The summed E-state index contributed by atoms with van der Waals surface area (Å²) in [5.74, 6) is 1.12. The van der Waals surface area contributed by atoms with Crippen LogP contribution in [0.1, 0.15) is 13.8 Å². The van der Waals surface area contributed by atoms with Crippen molar-refractivity contribution in [2.75, 3.05) is 49.2 Å². The maximum atomic E-state index is 9.19. The van der Waals surface area contributed by atoms with Gasteiger partial charge in [0.2, 0.25) is 17.2 Å². The minimum absolute atomic E-state index is 0.0157. The molecular weight excluding hydrogens is 282 g/mol. The van der Waals surface area contributed by atoms with E-state index < -0.39 is 0 Å². The van der Waals surface area contributed by atoms with Crippen molar-refractivity contribution in [2.24, 2.45) is 0 Å². The Morgan fingerprint density at radius 3 is 2.75 bits per heavy atom. The average molecular weight is 302 g/mol. The zero-order chi connectivity index (χ0) is 14.5. The van der Waals surface area contributed by atoms with Crippen LogP contribution in [0.4, 0.5) is 11.9 Å². The summed E-state index contributed by atoms with van der Waals surface area (Å²) in [6.45, 7) is 7.43. The molecule has 0 amide bonds. The number of aliphatic hydroxyl groups excluding tert-OH is 1. The van der Waals surface area contributed by atoms with E-state index in [0.29, 0.717) is 31.6 Å². The van der Waals surface area contributed by atoms with Gasteiger partial charge in [-0.1, -0.05) is 0 Å². The van der Waals surface area contributed by atoms with E-state index in [4.69, 9.17) is 16.3 Å². The van der Waals surface area contributed by atoms with Gasteiger partial charge in [-0.2, -0.15) is 15.0 Å². The first-order chi connectivity index (χ1) is 9.67. The second-order valence-corrected chi connectivity index (χ2v) is 4.84. The molecule has 0 saturated carbocycles. The molecule has 7 nitrogen and oxygen atoms in total. The van der Waals surface area contributed by atoms with E-state index in [9.17, 15) is 5.11 Å².